The van der Waals surface area contributed by atoms with E-state index in [9.17, 15) is 14.7 Å². The van der Waals surface area contributed by atoms with Crippen molar-refractivity contribution in [3.63, 3.8) is 0 Å². The van der Waals surface area contributed by atoms with Gasteiger partial charge in [-0.3, -0.25) is 4.79 Å². The molecule has 5 heteroatoms. The molecule has 0 saturated heterocycles. The summed E-state index contributed by atoms with van der Waals surface area (Å²) in [5.74, 6) is -0.622. The quantitative estimate of drug-likeness (QED) is 0.603. The van der Waals surface area contributed by atoms with Crippen LogP contribution in [0.5, 0.6) is 0 Å². The molecule has 1 aromatic heterocycles. The van der Waals surface area contributed by atoms with Crippen LogP contribution in [0.25, 0.3) is 6.08 Å². The van der Waals surface area contributed by atoms with Crippen LogP contribution in [0.15, 0.2) is 41.9 Å². The Hall–Kier alpha value is -2.14. The molecule has 108 valence electrons. The van der Waals surface area contributed by atoms with E-state index >= 15 is 0 Å². The van der Waals surface area contributed by atoms with Crippen LogP contribution >= 0.6 is 0 Å². The molecule has 0 aliphatic heterocycles. The van der Waals surface area contributed by atoms with Crippen LogP contribution < -0.4 is 5.56 Å². The van der Waals surface area contributed by atoms with Gasteiger partial charge in [0.25, 0.3) is 5.56 Å². The molecule has 0 saturated carbocycles. The summed E-state index contributed by atoms with van der Waals surface area (Å²) >= 11 is 0. The second-order valence-electron chi connectivity index (χ2n) is 4.37. The molecule has 1 heterocycles. The highest BCUT2D eigenvalue weighted by atomic mass is 16.5. The van der Waals surface area contributed by atoms with E-state index in [2.05, 4.69) is 17.9 Å². The molecule has 1 aromatic rings. The minimum atomic E-state index is -0.958. The first-order valence-electron chi connectivity index (χ1n) is 6.27. The van der Waals surface area contributed by atoms with Crippen molar-refractivity contribution in [1.29, 1.82) is 0 Å². The molecule has 0 aliphatic carbocycles. The predicted octanol–water partition coefficient (Wildman–Crippen LogP) is 1.36. The van der Waals surface area contributed by atoms with Gasteiger partial charge in [0.05, 0.1) is 18.8 Å². The van der Waals surface area contributed by atoms with Crippen LogP contribution in [-0.4, -0.2) is 28.9 Å². The van der Waals surface area contributed by atoms with Gasteiger partial charge in [-0.2, -0.15) is 0 Å². The summed E-state index contributed by atoms with van der Waals surface area (Å²) in [6.07, 6.45) is 3.28. The van der Waals surface area contributed by atoms with Gasteiger partial charge in [0.2, 0.25) is 0 Å². The molecular formula is C15H19NO4. The maximum absolute atomic E-state index is 11.6. The number of ether oxygens (including phenoxy) is 1. The van der Waals surface area contributed by atoms with Gasteiger partial charge >= 0.3 is 5.97 Å². The fourth-order valence-corrected chi connectivity index (χ4v) is 1.74. The van der Waals surface area contributed by atoms with Crippen LogP contribution in [0.1, 0.15) is 18.4 Å². The molecule has 0 fully saturated rings. The number of esters is 1. The number of methoxy groups -OCH3 is 1. The molecule has 0 radical (unpaired) electrons. The number of pyridine rings is 1. The van der Waals surface area contributed by atoms with E-state index in [0.717, 1.165) is 5.56 Å². The zero-order chi connectivity index (χ0) is 15.1. The Bertz CT molecular complexity index is 559. The molecule has 20 heavy (non-hydrogen) atoms. The highest BCUT2D eigenvalue weighted by Crippen LogP contribution is 2.09. The number of carbonyl (C=O) groups excluding carboxylic acids is 1. The molecule has 0 spiro atoms. The zero-order valence-electron chi connectivity index (χ0n) is 11.5. The van der Waals surface area contributed by atoms with Gasteiger partial charge in [0, 0.05) is 18.8 Å². The van der Waals surface area contributed by atoms with Gasteiger partial charge in [0.1, 0.15) is 0 Å². The van der Waals surface area contributed by atoms with Crippen molar-refractivity contribution in [3.8, 4) is 0 Å². The van der Waals surface area contributed by atoms with E-state index in [1.54, 1.807) is 22.9 Å². The summed E-state index contributed by atoms with van der Waals surface area (Å²) in [6, 6.07) is 3.17. The maximum Gasteiger partial charge on any atom is 0.335 e. The van der Waals surface area contributed by atoms with Crippen LogP contribution in [0.3, 0.4) is 0 Å². The van der Waals surface area contributed by atoms with E-state index in [1.807, 2.05) is 0 Å². The Morgan fingerprint density at radius 3 is 2.85 bits per heavy atom. The number of hydrogen-bond donors (Lipinski definition) is 1. The van der Waals surface area contributed by atoms with Crippen LogP contribution in [0, 0.1) is 0 Å². The van der Waals surface area contributed by atoms with Crippen LogP contribution in [0.2, 0.25) is 0 Å². The predicted molar refractivity (Wildman–Crippen MR) is 77.2 cm³/mol. The lowest BCUT2D eigenvalue weighted by Crippen LogP contribution is -2.21. The first kappa shape index (κ1) is 15.9. The molecule has 1 atom stereocenters. The fourth-order valence-electron chi connectivity index (χ4n) is 1.74. The van der Waals surface area contributed by atoms with Gasteiger partial charge < -0.3 is 14.4 Å². The fraction of sp³-hybridized carbons (Fsp3) is 0.333. The van der Waals surface area contributed by atoms with Crippen molar-refractivity contribution in [2.75, 3.05) is 7.11 Å². The van der Waals surface area contributed by atoms with Gasteiger partial charge in [-0.05, 0) is 24.5 Å². The third-order valence-corrected chi connectivity index (χ3v) is 2.97. The van der Waals surface area contributed by atoms with E-state index in [0.29, 0.717) is 19.4 Å². The first-order chi connectivity index (χ1) is 9.49. The lowest BCUT2D eigenvalue weighted by atomic mass is 10.1. The molecular weight excluding hydrogens is 258 g/mol. The summed E-state index contributed by atoms with van der Waals surface area (Å²) < 4.78 is 6.03. The first-order valence-corrected chi connectivity index (χ1v) is 6.27. The lowest BCUT2D eigenvalue weighted by molar-refractivity contribution is -0.137. The number of aryl methyl sites for hydroxylation is 1. The Kier molecular flexibility index (Phi) is 5.93. The highest BCUT2D eigenvalue weighted by Gasteiger charge is 2.16. The second kappa shape index (κ2) is 7.45. The van der Waals surface area contributed by atoms with Crippen molar-refractivity contribution < 1.29 is 14.6 Å². The molecule has 0 bridgehead atoms. The SMILES string of the molecule is C=Cc1ccc(=O)n(CCC[C@@H](O)C(=C)C(=O)OC)c1. The van der Waals surface area contributed by atoms with E-state index in [-0.39, 0.29) is 11.1 Å². The van der Waals surface area contributed by atoms with Gasteiger partial charge in [0.15, 0.2) is 0 Å². The molecule has 5 nitrogen and oxygen atoms in total. The van der Waals surface area contributed by atoms with Crippen molar-refractivity contribution in [2.45, 2.75) is 25.5 Å². The van der Waals surface area contributed by atoms with E-state index in [1.165, 1.54) is 13.2 Å². The summed E-state index contributed by atoms with van der Waals surface area (Å²) in [7, 11) is 1.24. The van der Waals surface area contributed by atoms with E-state index in [4.69, 9.17) is 0 Å². The minimum Gasteiger partial charge on any atom is -0.466 e. The van der Waals surface area contributed by atoms with Crippen LogP contribution in [0.4, 0.5) is 0 Å². The van der Waals surface area contributed by atoms with Gasteiger partial charge in [-0.1, -0.05) is 19.2 Å². The van der Waals surface area contributed by atoms with Crippen molar-refractivity contribution in [2.24, 2.45) is 0 Å². The lowest BCUT2D eigenvalue weighted by Gasteiger charge is -2.12. The Balaban J connectivity index is 2.56. The number of carbonyl (C=O) groups is 1. The minimum absolute atomic E-state index is 0.0275. The van der Waals surface area contributed by atoms with Gasteiger partial charge in [-0.15, -0.1) is 0 Å². The molecule has 0 aromatic carbocycles. The summed E-state index contributed by atoms with van der Waals surface area (Å²) in [6.45, 7) is 7.58. The average molecular weight is 277 g/mol. The Labute approximate surface area is 117 Å². The average Bonchev–Trinajstić information content (AvgIpc) is 2.47. The number of hydrogen-bond acceptors (Lipinski definition) is 4. The number of aliphatic hydroxyl groups is 1. The standard InChI is InChI=1S/C15H19NO4/c1-4-12-7-8-14(18)16(10-12)9-5-6-13(17)11(2)15(19)20-3/h4,7-8,10,13,17H,1-2,5-6,9H2,3H3/t13-/m1/s1. The van der Waals surface area contributed by atoms with Crippen LogP contribution in [-0.2, 0) is 16.1 Å². The number of aromatic nitrogens is 1. The topological polar surface area (TPSA) is 68.5 Å². The largest absolute Gasteiger partial charge is 0.466 e. The summed E-state index contributed by atoms with van der Waals surface area (Å²) in [5.41, 5.74) is 0.765. The van der Waals surface area contributed by atoms with Gasteiger partial charge in [-0.25, -0.2) is 4.79 Å². The molecule has 1 N–H and O–H groups in total. The third kappa shape index (κ3) is 4.20. The zero-order valence-corrected chi connectivity index (χ0v) is 11.5. The third-order valence-electron chi connectivity index (χ3n) is 2.97. The second-order valence-corrected chi connectivity index (χ2v) is 4.37. The molecule has 0 aliphatic rings. The molecule has 0 amide bonds. The van der Waals surface area contributed by atoms with Crippen molar-refractivity contribution in [3.05, 3.63) is 53.0 Å². The van der Waals surface area contributed by atoms with Crippen molar-refractivity contribution in [1.82, 2.24) is 4.57 Å². The Morgan fingerprint density at radius 2 is 2.25 bits per heavy atom. The maximum atomic E-state index is 11.6. The Morgan fingerprint density at radius 1 is 1.55 bits per heavy atom. The normalized spacial score (nSPS) is 11.7. The van der Waals surface area contributed by atoms with E-state index < -0.39 is 12.1 Å². The number of rotatable bonds is 7. The number of nitrogens with zero attached hydrogens (tertiary/aromatic N) is 1. The summed E-state index contributed by atoms with van der Waals surface area (Å²) in [5, 5.41) is 9.76. The highest BCUT2D eigenvalue weighted by molar-refractivity contribution is 5.88. The summed E-state index contributed by atoms with van der Waals surface area (Å²) in [4.78, 5) is 22.8. The number of aliphatic hydroxyl groups excluding tert-OH is 1. The smallest absolute Gasteiger partial charge is 0.335 e. The molecule has 0 unspecified atom stereocenters. The van der Waals surface area contributed by atoms with Crippen molar-refractivity contribution >= 4 is 12.0 Å². The molecule has 1 rings (SSSR count). The monoisotopic (exact) mass is 277 g/mol.